The van der Waals surface area contributed by atoms with Crippen molar-refractivity contribution in [1.29, 1.82) is 0 Å². The number of carbonyl (C=O) groups is 2. The van der Waals surface area contributed by atoms with Crippen LogP contribution in [0.15, 0.2) is 0 Å². The van der Waals surface area contributed by atoms with E-state index in [-0.39, 0.29) is 6.61 Å². The monoisotopic (exact) mass is 194 g/mol. The predicted molar refractivity (Wildman–Crippen MR) is 43.5 cm³/mol. The zero-order valence-electron chi connectivity index (χ0n) is 6.67. The van der Waals surface area contributed by atoms with Gasteiger partial charge in [-0.2, -0.15) is 0 Å². The molecule has 0 unspecified atom stereocenters. The lowest BCUT2D eigenvalue weighted by Gasteiger charge is -2.08. The van der Waals surface area contributed by atoms with Crippen LogP contribution in [0, 0.1) is 0 Å². The third-order valence-electron chi connectivity index (χ3n) is 1.09. The van der Waals surface area contributed by atoms with E-state index in [4.69, 9.17) is 11.8 Å². The smallest absolute Gasteiger partial charge is 0.324 e. The van der Waals surface area contributed by atoms with Crippen molar-refractivity contribution in [2.75, 3.05) is 13.2 Å². The van der Waals surface area contributed by atoms with Crippen molar-refractivity contribution in [3.8, 4) is 0 Å². The van der Waals surface area contributed by atoms with Gasteiger partial charge in [0.1, 0.15) is 12.6 Å². The second-order valence-electron chi connectivity index (χ2n) is 2.07. The minimum Gasteiger partial charge on any atom is -0.463 e. The van der Waals surface area contributed by atoms with Crippen molar-refractivity contribution >= 4 is 24.2 Å². The van der Waals surface area contributed by atoms with Crippen LogP contribution in [0.2, 0.25) is 0 Å². The molecule has 0 aliphatic carbocycles. The van der Waals surface area contributed by atoms with Crippen LogP contribution in [-0.2, 0) is 14.3 Å². The van der Waals surface area contributed by atoms with E-state index in [0.29, 0.717) is 13.0 Å². The Bertz CT molecular complexity index is 154. The lowest BCUT2D eigenvalue weighted by atomic mass is 10.4. The fourth-order valence-electron chi connectivity index (χ4n) is 0.439. The minimum absolute atomic E-state index is 0.153. The van der Waals surface area contributed by atoms with Crippen LogP contribution in [0.25, 0.3) is 0 Å². The zero-order valence-corrected chi connectivity index (χ0v) is 7.43. The van der Waals surface area contributed by atoms with Crippen molar-refractivity contribution in [3.05, 3.63) is 0 Å². The number of nitrogens with one attached hydrogen (secondary N) is 2. The van der Waals surface area contributed by atoms with Crippen LogP contribution in [0.1, 0.15) is 6.92 Å². The molecule has 0 rings (SSSR count). The molecule has 6 heteroatoms. The van der Waals surface area contributed by atoms with E-state index in [2.05, 4.69) is 14.9 Å². The third kappa shape index (κ3) is 4.92. The Hall–Kier alpha value is -0.810. The molecule has 0 radical (unpaired) electrons. The molecular weight excluding hydrogens is 184 g/mol. The number of hydrogen-bond acceptors (Lipinski definition) is 4. The maximum absolute atomic E-state index is 10.9. The quantitative estimate of drug-likeness (QED) is 0.257. The first kappa shape index (κ1) is 11.2. The molecule has 0 aliphatic rings. The van der Waals surface area contributed by atoms with Gasteiger partial charge in [0.15, 0.2) is 0 Å². The number of amides is 1. The van der Waals surface area contributed by atoms with E-state index in [1.807, 2.05) is 0 Å². The molecule has 0 aromatic carbocycles. The Kier molecular flexibility index (Phi) is 6.41. The van der Waals surface area contributed by atoms with Gasteiger partial charge in [-0.15, -0.1) is 0 Å². The van der Waals surface area contributed by atoms with Gasteiger partial charge in [0.2, 0.25) is 6.41 Å². The summed E-state index contributed by atoms with van der Waals surface area (Å²) in [6.07, 6.45) is 0.539. The first-order valence-electron chi connectivity index (χ1n) is 3.42. The molecule has 0 aromatic rings. The number of hydrogen-bond donors (Lipinski definition) is 2. The molecule has 0 bridgehead atoms. The highest BCUT2D eigenvalue weighted by Gasteiger charge is 2.11. The molecule has 5 nitrogen and oxygen atoms in total. The van der Waals surface area contributed by atoms with Crippen LogP contribution >= 0.6 is 11.8 Å². The van der Waals surface area contributed by atoms with Crippen LogP contribution in [-0.4, -0.2) is 31.6 Å². The maximum atomic E-state index is 10.9. The Labute approximate surface area is 75.5 Å². The fraction of sp³-hybridized carbons (Fsp3) is 0.667. The van der Waals surface area contributed by atoms with Crippen LogP contribution < -0.4 is 10.2 Å². The average Bonchev–Trinajstić information content (AvgIpc) is 2.10. The summed E-state index contributed by atoms with van der Waals surface area (Å²) in [5.41, 5.74) is 0. The van der Waals surface area contributed by atoms with E-state index in [9.17, 15) is 9.59 Å². The summed E-state index contributed by atoms with van der Waals surface area (Å²) in [5.74, 6) is -0.447. The fourth-order valence-corrected chi connectivity index (χ4v) is 0.528. The predicted octanol–water partition coefficient (Wildman–Crippen LogP) is -0.593. The van der Waals surface area contributed by atoms with E-state index in [0.717, 1.165) is 0 Å². The maximum Gasteiger partial charge on any atom is 0.324 e. The summed E-state index contributed by atoms with van der Waals surface area (Å²) >= 11 is 5.16. The second-order valence-corrected chi connectivity index (χ2v) is 2.29. The molecular formula is C6H11ClN2O3. The number of esters is 1. The van der Waals surface area contributed by atoms with Gasteiger partial charge in [0, 0.05) is 0 Å². The Balaban J connectivity index is 3.37. The molecule has 0 spiro atoms. The molecule has 0 aromatic heterocycles. The SMILES string of the molecule is C[C@H](NCl)C(=O)OCCNC=O. The minimum atomic E-state index is -0.539. The van der Waals surface area contributed by atoms with Gasteiger partial charge < -0.3 is 10.1 Å². The van der Waals surface area contributed by atoms with E-state index in [1.165, 1.54) is 0 Å². The number of ether oxygens (including phenoxy) is 1. The molecule has 2 N–H and O–H groups in total. The molecule has 12 heavy (non-hydrogen) atoms. The molecule has 0 heterocycles. The number of rotatable bonds is 6. The topological polar surface area (TPSA) is 67.4 Å². The molecule has 0 fully saturated rings. The van der Waals surface area contributed by atoms with Crippen LogP contribution in [0.4, 0.5) is 0 Å². The summed E-state index contributed by atoms with van der Waals surface area (Å²) in [4.78, 5) is 22.8. The van der Waals surface area contributed by atoms with Crippen LogP contribution in [0.5, 0.6) is 0 Å². The highest BCUT2D eigenvalue weighted by molar-refractivity contribution is 6.14. The lowest BCUT2D eigenvalue weighted by molar-refractivity contribution is -0.145. The average molecular weight is 195 g/mol. The number of carbonyl (C=O) groups excluding carboxylic acids is 2. The van der Waals surface area contributed by atoms with Gasteiger partial charge in [-0.3, -0.25) is 9.59 Å². The van der Waals surface area contributed by atoms with Crippen molar-refractivity contribution in [3.63, 3.8) is 0 Å². The molecule has 0 saturated carbocycles. The third-order valence-corrected chi connectivity index (χ3v) is 1.42. The summed E-state index contributed by atoms with van der Waals surface area (Å²) in [7, 11) is 0. The Morgan fingerprint density at radius 2 is 2.42 bits per heavy atom. The van der Waals surface area contributed by atoms with Gasteiger partial charge in [-0.25, -0.2) is 4.84 Å². The van der Waals surface area contributed by atoms with Crippen molar-refractivity contribution < 1.29 is 14.3 Å². The summed E-state index contributed by atoms with van der Waals surface area (Å²) in [6.45, 7) is 2.03. The first-order valence-corrected chi connectivity index (χ1v) is 3.80. The van der Waals surface area contributed by atoms with E-state index >= 15 is 0 Å². The second kappa shape index (κ2) is 6.87. The standard InChI is InChI=1S/C6H11ClN2O3/c1-5(9-7)6(11)12-3-2-8-4-10/h4-5,9H,2-3H2,1H3,(H,8,10)/t5-/m0/s1. The molecule has 0 saturated heterocycles. The summed E-state index contributed by atoms with van der Waals surface area (Å²) < 4.78 is 4.69. The van der Waals surface area contributed by atoms with Crippen molar-refractivity contribution in [2.24, 2.45) is 0 Å². The number of halogens is 1. The van der Waals surface area contributed by atoms with E-state index in [1.54, 1.807) is 6.92 Å². The lowest BCUT2D eigenvalue weighted by Crippen LogP contribution is -2.31. The zero-order chi connectivity index (χ0) is 9.40. The molecule has 1 atom stereocenters. The van der Waals surface area contributed by atoms with Gasteiger partial charge in [-0.1, -0.05) is 0 Å². The normalized spacial score (nSPS) is 11.8. The first-order chi connectivity index (χ1) is 5.72. The summed E-state index contributed by atoms with van der Waals surface area (Å²) in [5, 5.41) is 2.35. The van der Waals surface area contributed by atoms with Gasteiger partial charge in [0.05, 0.1) is 6.54 Å². The largest absolute Gasteiger partial charge is 0.463 e. The molecule has 70 valence electrons. The Morgan fingerprint density at radius 3 is 2.92 bits per heavy atom. The van der Waals surface area contributed by atoms with Crippen LogP contribution in [0.3, 0.4) is 0 Å². The van der Waals surface area contributed by atoms with Gasteiger partial charge >= 0.3 is 5.97 Å². The van der Waals surface area contributed by atoms with Gasteiger partial charge in [0.25, 0.3) is 0 Å². The Morgan fingerprint density at radius 1 is 1.75 bits per heavy atom. The van der Waals surface area contributed by atoms with Crippen molar-refractivity contribution in [2.45, 2.75) is 13.0 Å². The summed E-state index contributed by atoms with van der Waals surface area (Å²) in [6, 6.07) is -0.539. The highest BCUT2D eigenvalue weighted by Crippen LogP contribution is 1.87. The molecule has 1 amide bonds. The molecule has 0 aliphatic heterocycles. The van der Waals surface area contributed by atoms with Gasteiger partial charge in [-0.05, 0) is 18.7 Å². The van der Waals surface area contributed by atoms with Crippen molar-refractivity contribution in [1.82, 2.24) is 10.2 Å². The van der Waals surface area contributed by atoms with E-state index < -0.39 is 12.0 Å². The highest BCUT2D eigenvalue weighted by atomic mass is 35.5.